The number of rotatable bonds is 4. The highest BCUT2D eigenvalue weighted by Gasteiger charge is 2.36. The number of imide groups is 1. The summed E-state index contributed by atoms with van der Waals surface area (Å²) in [5.74, 6) is -0.629. The fourth-order valence-electron chi connectivity index (χ4n) is 2.83. The molecule has 0 bridgehead atoms. The summed E-state index contributed by atoms with van der Waals surface area (Å²) in [5.41, 5.74) is 0.352. The number of cyclic esters (lactones) is 1. The van der Waals surface area contributed by atoms with Crippen LogP contribution in [0.2, 0.25) is 0 Å². The summed E-state index contributed by atoms with van der Waals surface area (Å²) in [5, 5.41) is 0. The monoisotopic (exact) mass is 375 g/mol. The van der Waals surface area contributed by atoms with E-state index in [4.69, 9.17) is 4.74 Å². The van der Waals surface area contributed by atoms with Gasteiger partial charge in [0.05, 0.1) is 11.6 Å². The van der Waals surface area contributed by atoms with Crippen molar-refractivity contribution in [2.75, 3.05) is 6.61 Å². The second-order valence-corrected chi connectivity index (χ2v) is 6.09. The molecule has 0 radical (unpaired) electrons. The molecule has 2 amide bonds. The number of carbonyl (C=O) groups excluding carboxylic acids is 2. The Hall–Kier alpha value is -3.09. The number of ether oxygens (including phenoxy) is 1. The SMILES string of the molecule is O=C(/C=C/c1cccc(C(F)(F)F)c1)N1C(=O)OC[C@@H]1Cc1ccccc1. The Morgan fingerprint density at radius 2 is 1.89 bits per heavy atom. The number of hydrogen-bond acceptors (Lipinski definition) is 3. The lowest BCUT2D eigenvalue weighted by Gasteiger charge is -2.18. The zero-order valence-electron chi connectivity index (χ0n) is 14.1. The van der Waals surface area contributed by atoms with Crippen LogP contribution in [0.25, 0.3) is 6.08 Å². The number of halogens is 3. The van der Waals surface area contributed by atoms with E-state index >= 15 is 0 Å². The van der Waals surface area contributed by atoms with Gasteiger partial charge in [0.1, 0.15) is 6.61 Å². The van der Waals surface area contributed by atoms with Gasteiger partial charge in [-0.3, -0.25) is 4.79 Å². The Balaban J connectivity index is 1.74. The van der Waals surface area contributed by atoms with Crippen molar-refractivity contribution in [3.05, 3.63) is 77.4 Å². The van der Waals surface area contributed by atoms with Gasteiger partial charge in [0.2, 0.25) is 0 Å². The Labute approximate surface area is 153 Å². The predicted octanol–water partition coefficient (Wildman–Crippen LogP) is 4.31. The van der Waals surface area contributed by atoms with Gasteiger partial charge in [0, 0.05) is 6.08 Å². The van der Waals surface area contributed by atoms with E-state index in [1.165, 1.54) is 18.2 Å². The number of carbonyl (C=O) groups is 2. The van der Waals surface area contributed by atoms with Crippen molar-refractivity contribution in [2.24, 2.45) is 0 Å². The van der Waals surface area contributed by atoms with Crippen LogP contribution >= 0.6 is 0 Å². The first kappa shape index (κ1) is 18.7. The fourth-order valence-corrected chi connectivity index (χ4v) is 2.83. The van der Waals surface area contributed by atoms with Crippen LogP contribution < -0.4 is 0 Å². The second-order valence-electron chi connectivity index (χ2n) is 6.09. The molecule has 1 aliphatic heterocycles. The molecule has 4 nitrogen and oxygen atoms in total. The summed E-state index contributed by atoms with van der Waals surface area (Å²) in [6.07, 6.45) is -2.44. The standard InChI is InChI=1S/C20H16F3NO3/c21-20(22,23)16-8-4-7-15(11-16)9-10-18(25)24-17(13-27-19(24)26)12-14-5-2-1-3-6-14/h1-11,17H,12-13H2/b10-9+/t17-/m0/s1. The summed E-state index contributed by atoms with van der Waals surface area (Å²) >= 11 is 0. The van der Waals surface area contributed by atoms with Gasteiger partial charge in [-0.05, 0) is 35.8 Å². The Morgan fingerprint density at radius 1 is 1.15 bits per heavy atom. The quantitative estimate of drug-likeness (QED) is 0.749. The van der Waals surface area contributed by atoms with Gasteiger partial charge >= 0.3 is 12.3 Å². The van der Waals surface area contributed by atoms with Gasteiger partial charge in [-0.2, -0.15) is 13.2 Å². The third-order valence-corrected chi connectivity index (χ3v) is 4.14. The van der Waals surface area contributed by atoms with Gasteiger partial charge < -0.3 is 4.74 Å². The molecule has 1 aliphatic rings. The molecule has 0 aliphatic carbocycles. The first-order valence-electron chi connectivity index (χ1n) is 8.24. The van der Waals surface area contributed by atoms with Crippen LogP contribution in [0.15, 0.2) is 60.7 Å². The number of nitrogens with zero attached hydrogens (tertiary/aromatic N) is 1. The number of hydrogen-bond donors (Lipinski definition) is 0. The summed E-state index contributed by atoms with van der Waals surface area (Å²) in [7, 11) is 0. The molecule has 0 aromatic heterocycles. The van der Waals surface area contributed by atoms with Crippen LogP contribution in [0.1, 0.15) is 16.7 Å². The minimum absolute atomic E-state index is 0.0802. The van der Waals surface area contributed by atoms with Crippen LogP contribution in [-0.4, -0.2) is 29.5 Å². The lowest BCUT2D eigenvalue weighted by molar-refractivity contribution is -0.137. The lowest BCUT2D eigenvalue weighted by Crippen LogP contribution is -2.39. The molecule has 3 rings (SSSR count). The molecule has 27 heavy (non-hydrogen) atoms. The molecule has 2 aromatic rings. The van der Waals surface area contributed by atoms with Crippen LogP contribution in [0.5, 0.6) is 0 Å². The van der Waals surface area contributed by atoms with Crippen LogP contribution in [0.3, 0.4) is 0 Å². The van der Waals surface area contributed by atoms with Crippen molar-refractivity contribution in [3.8, 4) is 0 Å². The summed E-state index contributed by atoms with van der Waals surface area (Å²) in [6.45, 7) is 0.0802. The van der Waals surface area contributed by atoms with Crippen molar-refractivity contribution in [1.29, 1.82) is 0 Å². The Kier molecular flexibility index (Phi) is 5.30. The van der Waals surface area contributed by atoms with E-state index in [-0.39, 0.29) is 12.2 Å². The molecule has 7 heteroatoms. The first-order valence-corrected chi connectivity index (χ1v) is 8.24. The Bertz CT molecular complexity index is 862. The smallest absolute Gasteiger partial charge is 0.417 e. The van der Waals surface area contributed by atoms with Crippen molar-refractivity contribution in [2.45, 2.75) is 18.6 Å². The van der Waals surface area contributed by atoms with E-state index < -0.39 is 29.8 Å². The highest BCUT2D eigenvalue weighted by Crippen LogP contribution is 2.29. The molecule has 0 saturated carbocycles. The van der Waals surface area contributed by atoms with Crippen molar-refractivity contribution < 1.29 is 27.5 Å². The highest BCUT2D eigenvalue weighted by molar-refractivity contribution is 6.02. The largest absolute Gasteiger partial charge is 0.447 e. The molecule has 0 N–H and O–H groups in total. The first-order chi connectivity index (χ1) is 12.8. The lowest BCUT2D eigenvalue weighted by atomic mass is 10.1. The van der Waals surface area contributed by atoms with Crippen LogP contribution in [-0.2, 0) is 22.1 Å². The zero-order valence-corrected chi connectivity index (χ0v) is 14.1. The maximum Gasteiger partial charge on any atom is 0.417 e. The highest BCUT2D eigenvalue weighted by atomic mass is 19.4. The molecule has 1 atom stereocenters. The van der Waals surface area contributed by atoms with E-state index in [0.717, 1.165) is 28.7 Å². The average molecular weight is 375 g/mol. The van der Waals surface area contributed by atoms with E-state index in [0.29, 0.717) is 6.42 Å². The van der Waals surface area contributed by atoms with Crippen LogP contribution in [0.4, 0.5) is 18.0 Å². The van der Waals surface area contributed by atoms with Crippen molar-refractivity contribution >= 4 is 18.1 Å². The third-order valence-electron chi connectivity index (χ3n) is 4.14. The minimum atomic E-state index is -4.46. The topological polar surface area (TPSA) is 46.6 Å². The molecule has 0 spiro atoms. The van der Waals surface area contributed by atoms with Crippen molar-refractivity contribution in [1.82, 2.24) is 4.90 Å². The second kappa shape index (κ2) is 7.65. The molecule has 0 unspecified atom stereocenters. The summed E-state index contributed by atoms with van der Waals surface area (Å²) < 4.78 is 43.3. The van der Waals surface area contributed by atoms with E-state index in [2.05, 4.69) is 0 Å². The van der Waals surface area contributed by atoms with Crippen LogP contribution in [0, 0.1) is 0 Å². The number of benzene rings is 2. The summed E-state index contributed by atoms with van der Waals surface area (Å²) in [6, 6.07) is 13.5. The molecule has 2 aromatic carbocycles. The average Bonchev–Trinajstić information content (AvgIpc) is 3.00. The maximum atomic E-state index is 12.8. The maximum absolute atomic E-state index is 12.8. The summed E-state index contributed by atoms with van der Waals surface area (Å²) in [4.78, 5) is 25.3. The van der Waals surface area contributed by atoms with E-state index in [9.17, 15) is 22.8 Å². The normalized spacial score (nSPS) is 17.4. The number of alkyl halides is 3. The minimum Gasteiger partial charge on any atom is -0.447 e. The molecular weight excluding hydrogens is 359 g/mol. The number of amides is 2. The zero-order chi connectivity index (χ0) is 19.4. The third kappa shape index (κ3) is 4.55. The molecular formula is C20H16F3NO3. The Morgan fingerprint density at radius 3 is 2.59 bits per heavy atom. The van der Waals surface area contributed by atoms with Gasteiger partial charge in [-0.1, -0.05) is 42.5 Å². The van der Waals surface area contributed by atoms with Gasteiger partial charge in [0.15, 0.2) is 0 Å². The van der Waals surface area contributed by atoms with Gasteiger partial charge in [0.25, 0.3) is 5.91 Å². The van der Waals surface area contributed by atoms with Gasteiger partial charge in [-0.15, -0.1) is 0 Å². The van der Waals surface area contributed by atoms with Gasteiger partial charge in [-0.25, -0.2) is 9.69 Å². The van der Waals surface area contributed by atoms with E-state index in [1.54, 1.807) is 0 Å². The van der Waals surface area contributed by atoms with Crippen molar-refractivity contribution in [3.63, 3.8) is 0 Å². The molecule has 140 valence electrons. The predicted molar refractivity (Wildman–Crippen MR) is 92.6 cm³/mol. The molecule has 1 saturated heterocycles. The molecule has 1 fully saturated rings. The fraction of sp³-hybridized carbons (Fsp3) is 0.200. The molecule has 1 heterocycles. The van der Waals surface area contributed by atoms with E-state index in [1.807, 2.05) is 30.3 Å².